The molecule has 1 fully saturated rings. The lowest BCUT2D eigenvalue weighted by molar-refractivity contribution is -0.124. The number of imidazole rings is 1. The van der Waals surface area contributed by atoms with Gasteiger partial charge in [-0.2, -0.15) is 0 Å². The Labute approximate surface area is 129 Å². The van der Waals surface area contributed by atoms with Crippen LogP contribution < -0.4 is 10.1 Å². The number of carbonyl (C=O) groups is 1. The van der Waals surface area contributed by atoms with Gasteiger partial charge in [-0.15, -0.1) is 0 Å². The Morgan fingerprint density at radius 2 is 2.14 bits per heavy atom. The number of benzene rings is 1. The first-order valence-electron chi connectivity index (χ1n) is 7.38. The lowest BCUT2D eigenvalue weighted by Crippen LogP contribution is -2.47. The standard InChI is InChI=1S/C16H20N4O2/c1-19-8-6-17-15(19)12-22-14-4-2-13(3-5-14)10-20-9-7-18-16(21)11-20/h2-6,8H,7,9-12H2,1H3,(H,18,21). The van der Waals surface area contributed by atoms with E-state index in [0.717, 1.165) is 31.2 Å². The maximum Gasteiger partial charge on any atom is 0.234 e. The zero-order valence-corrected chi connectivity index (χ0v) is 12.7. The largest absolute Gasteiger partial charge is 0.486 e. The summed E-state index contributed by atoms with van der Waals surface area (Å²) in [5.74, 6) is 1.81. The van der Waals surface area contributed by atoms with Crippen molar-refractivity contribution in [1.29, 1.82) is 0 Å². The molecule has 0 saturated carbocycles. The van der Waals surface area contributed by atoms with Gasteiger partial charge in [0.25, 0.3) is 0 Å². The summed E-state index contributed by atoms with van der Waals surface area (Å²) in [5.41, 5.74) is 1.18. The fourth-order valence-electron chi connectivity index (χ4n) is 2.46. The monoisotopic (exact) mass is 300 g/mol. The van der Waals surface area contributed by atoms with Crippen LogP contribution in [0.5, 0.6) is 5.75 Å². The highest BCUT2D eigenvalue weighted by Crippen LogP contribution is 2.15. The predicted octanol–water partition coefficient (Wildman–Crippen LogP) is 0.931. The topological polar surface area (TPSA) is 59.4 Å². The van der Waals surface area contributed by atoms with Crippen molar-refractivity contribution in [2.75, 3.05) is 19.6 Å². The van der Waals surface area contributed by atoms with E-state index in [2.05, 4.69) is 15.2 Å². The molecule has 0 spiro atoms. The van der Waals surface area contributed by atoms with Crippen molar-refractivity contribution in [3.63, 3.8) is 0 Å². The van der Waals surface area contributed by atoms with Gasteiger partial charge in [-0.05, 0) is 17.7 Å². The van der Waals surface area contributed by atoms with E-state index in [0.29, 0.717) is 13.2 Å². The van der Waals surface area contributed by atoms with Gasteiger partial charge >= 0.3 is 0 Å². The molecular weight excluding hydrogens is 280 g/mol. The van der Waals surface area contributed by atoms with Crippen LogP contribution in [0.1, 0.15) is 11.4 Å². The normalized spacial score (nSPS) is 15.6. The van der Waals surface area contributed by atoms with Crippen molar-refractivity contribution in [2.45, 2.75) is 13.2 Å². The van der Waals surface area contributed by atoms with E-state index >= 15 is 0 Å². The van der Waals surface area contributed by atoms with Crippen molar-refractivity contribution >= 4 is 5.91 Å². The third-order valence-corrected chi connectivity index (χ3v) is 3.74. The van der Waals surface area contributed by atoms with E-state index < -0.39 is 0 Å². The fourth-order valence-corrected chi connectivity index (χ4v) is 2.46. The number of nitrogens with one attached hydrogen (secondary N) is 1. The Bertz CT molecular complexity index is 636. The summed E-state index contributed by atoms with van der Waals surface area (Å²) in [6.07, 6.45) is 3.66. The number of rotatable bonds is 5. The van der Waals surface area contributed by atoms with Crippen molar-refractivity contribution in [3.05, 3.63) is 48.0 Å². The fraction of sp³-hybridized carbons (Fsp3) is 0.375. The van der Waals surface area contributed by atoms with Crippen LogP contribution in [0.3, 0.4) is 0 Å². The second-order valence-corrected chi connectivity index (χ2v) is 5.45. The summed E-state index contributed by atoms with van der Waals surface area (Å²) in [5, 5.41) is 2.83. The highest BCUT2D eigenvalue weighted by Gasteiger charge is 2.15. The molecule has 3 rings (SSSR count). The molecule has 0 bridgehead atoms. The van der Waals surface area contributed by atoms with Crippen LogP contribution in [0.25, 0.3) is 0 Å². The summed E-state index contributed by atoms with van der Waals surface area (Å²) >= 11 is 0. The first-order chi connectivity index (χ1) is 10.7. The number of hydrogen-bond donors (Lipinski definition) is 1. The minimum absolute atomic E-state index is 0.0984. The molecule has 116 valence electrons. The molecule has 1 aliphatic rings. The van der Waals surface area contributed by atoms with Crippen molar-refractivity contribution < 1.29 is 9.53 Å². The molecule has 1 N–H and O–H groups in total. The number of amides is 1. The van der Waals surface area contributed by atoms with Crippen LogP contribution in [0.2, 0.25) is 0 Å². The molecule has 1 aromatic carbocycles. The summed E-state index contributed by atoms with van der Waals surface area (Å²) in [6.45, 7) is 3.33. The van der Waals surface area contributed by atoms with Gasteiger partial charge in [0, 0.05) is 39.1 Å². The Morgan fingerprint density at radius 1 is 1.32 bits per heavy atom. The first-order valence-corrected chi connectivity index (χ1v) is 7.38. The van der Waals surface area contributed by atoms with Gasteiger partial charge in [0.1, 0.15) is 18.2 Å². The number of carbonyl (C=O) groups excluding carboxylic acids is 1. The third-order valence-electron chi connectivity index (χ3n) is 3.74. The highest BCUT2D eigenvalue weighted by atomic mass is 16.5. The van der Waals surface area contributed by atoms with Crippen molar-refractivity contribution in [3.8, 4) is 5.75 Å². The van der Waals surface area contributed by atoms with Crippen LogP contribution in [0, 0.1) is 0 Å². The van der Waals surface area contributed by atoms with E-state index in [4.69, 9.17) is 4.74 Å². The first kappa shape index (κ1) is 14.6. The predicted molar refractivity (Wildman–Crippen MR) is 82.3 cm³/mol. The van der Waals surface area contributed by atoms with E-state index in [-0.39, 0.29) is 5.91 Å². The van der Waals surface area contributed by atoms with E-state index in [1.165, 1.54) is 5.56 Å². The second kappa shape index (κ2) is 6.62. The number of nitrogens with zero attached hydrogens (tertiary/aromatic N) is 3. The summed E-state index contributed by atoms with van der Waals surface area (Å²) in [6, 6.07) is 8.01. The summed E-state index contributed by atoms with van der Waals surface area (Å²) < 4.78 is 7.67. The molecule has 1 amide bonds. The Morgan fingerprint density at radius 3 is 2.82 bits per heavy atom. The zero-order valence-electron chi connectivity index (χ0n) is 12.7. The van der Waals surface area contributed by atoms with Gasteiger partial charge in [-0.3, -0.25) is 9.69 Å². The molecular formula is C16H20N4O2. The number of aromatic nitrogens is 2. The molecule has 2 heterocycles. The van der Waals surface area contributed by atoms with E-state index in [1.54, 1.807) is 6.20 Å². The average molecular weight is 300 g/mol. The number of hydrogen-bond acceptors (Lipinski definition) is 4. The zero-order chi connectivity index (χ0) is 15.4. The molecule has 1 aromatic heterocycles. The van der Waals surface area contributed by atoms with Gasteiger partial charge < -0.3 is 14.6 Å². The molecule has 6 nitrogen and oxygen atoms in total. The Balaban J connectivity index is 1.53. The Hall–Kier alpha value is -2.34. The average Bonchev–Trinajstić information content (AvgIpc) is 2.92. The molecule has 22 heavy (non-hydrogen) atoms. The van der Waals surface area contributed by atoms with Gasteiger partial charge in [0.2, 0.25) is 5.91 Å². The van der Waals surface area contributed by atoms with Crippen LogP contribution in [-0.4, -0.2) is 40.0 Å². The van der Waals surface area contributed by atoms with Crippen molar-refractivity contribution in [2.24, 2.45) is 7.05 Å². The number of piperazine rings is 1. The van der Waals surface area contributed by atoms with Crippen molar-refractivity contribution in [1.82, 2.24) is 19.8 Å². The number of ether oxygens (including phenoxy) is 1. The van der Waals surface area contributed by atoms with Crippen LogP contribution >= 0.6 is 0 Å². The smallest absolute Gasteiger partial charge is 0.234 e. The van der Waals surface area contributed by atoms with E-state index in [9.17, 15) is 4.79 Å². The molecule has 1 aliphatic heterocycles. The van der Waals surface area contributed by atoms with E-state index in [1.807, 2.05) is 42.1 Å². The Kier molecular flexibility index (Phi) is 4.39. The van der Waals surface area contributed by atoms with Gasteiger partial charge in [-0.1, -0.05) is 12.1 Å². The van der Waals surface area contributed by atoms with Gasteiger partial charge in [0.05, 0.1) is 6.54 Å². The molecule has 0 atom stereocenters. The summed E-state index contributed by atoms with van der Waals surface area (Å²) in [4.78, 5) is 17.7. The molecule has 6 heteroatoms. The number of aryl methyl sites for hydroxylation is 1. The van der Waals surface area contributed by atoms with Crippen LogP contribution in [0.4, 0.5) is 0 Å². The maximum atomic E-state index is 11.4. The van der Waals surface area contributed by atoms with Crippen LogP contribution in [0.15, 0.2) is 36.7 Å². The quantitative estimate of drug-likeness (QED) is 0.892. The van der Waals surface area contributed by atoms with Crippen LogP contribution in [-0.2, 0) is 25.0 Å². The third kappa shape index (κ3) is 3.65. The SMILES string of the molecule is Cn1ccnc1COc1ccc(CN2CCNC(=O)C2)cc1. The molecule has 0 unspecified atom stereocenters. The molecule has 2 aromatic rings. The minimum atomic E-state index is 0.0984. The highest BCUT2D eigenvalue weighted by molar-refractivity contribution is 5.78. The van der Waals surface area contributed by atoms with Gasteiger partial charge in [-0.25, -0.2) is 4.98 Å². The van der Waals surface area contributed by atoms with Gasteiger partial charge in [0.15, 0.2) is 0 Å². The lowest BCUT2D eigenvalue weighted by Gasteiger charge is -2.26. The molecule has 0 radical (unpaired) electrons. The molecule has 0 aliphatic carbocycles. The minimum Gasteiger partial charge on any atom is -0.486 e. The lowest BCUT2D eigenvalue weighted by atomic mass is 10.2. The second-order valence-electron chi connectivity index (χ2n) is 5.45. The summed E-state index contributed by atoms with van der Waals surface area (Å²) in [7, 11) is 1.95. The molecule has 1 saturated heterocycles. The maximum absolute atomic E-state index is 11.4.